The molecule has 0 radical (unpaired) electrons. The molecule has 1 aliphatic heterocycles. The number of fused-ring (bicyclic) bond motifs is 1. The van der Waals surface area contributed by atoms with Crippen LogP contribution >= 0.6 is 0 Å². The van der Waals surface area contributed by atoms with Crippen LogP contribution in [0.2, 0.25) is 0 Å². The van der Waals surface area contributed by atoms with E-state index in [0.29, 0.717) is 5.82 Å². The standard InChI is InChI=1S/C19H26N4O4/c1-11-6-5-7-12-14(11)22-15(21-12)19(16(24)27-18(2,3)4)8-9-23(17(25)26)13(20)10-19/h5-7,13H,8-10,20H2,1-4H3,(H,21,22)(H,25,26). The number of esters is 1. The van der Waals surface area contributed by atoms with Gasteiger partial charge in [0.2, 0.25) is 0 Å². The zero-order valence-electron chi connectivity index (χ0n) is 16.1. The number of carbonyl (C=O) groups is 2. The van der Waals surface area contributed by atoms with Crippen molar-refractivity contribution in [2.75, 3.05) is 6.54 Å². The number of ether oxygens (including phenoxy) is 1. The SMILES string of the molecule is Cc1cccc2[nH]c(C3(C(=O)OC(C)(C)C)CCN(C(=O)O)C(N)C3)nc12. The summed E-state index contributed by atoms with van der Waals surface area (Å²) in [5.74, 6) is 0.0359. The third kappa shape index (κ3) is 3.49. The Morgan fingerprint density at radius 3 is 2.67 bits per heavy atom. The lowest BCUT2D eigenvalue weighted by Crippen LogP contribution is -2.58. The second kappa shape index (κ2) is 6.53. The van der Waals surface area contributed by atoms with Gasteiger partial charge in [-0.15, -0.1) is 0 Å². The predicted molar refractivity (Wildman–Crippen MR) is 100 cm³/mol. The topological polar surface area (TPSA) is 122 Å². The Kier molecular flexibility index (Phi) is 4.63. The summed E-state index contributed by atoms with van der Waals surface area (Å²) in [5, 5.41) is 9.33. The number of amides is 1. The Balaban J connectivity index is 2.08. The maximum absolute atomic E-state index is 13.2. The predicted octanol–water partition coefficient (Wildman–Crippen LogP) is 2.51. The number of nitrogens with zero attached hydrogens (tertiary/aromatic N) is 2. The fraction of sp³-hybridized carbons (Fsp3) is 0.526. The van der Waals surface area contributed by atoms with Gasteiger partial charge in [0.1, 0.15) is 16.8 Å². The van der Waals surface area contributed by atoms with Crippen molar-refractivity contribution in [2.24, 2.45) is 5.73 Å². The number of aromatic nitrogens is 2. The minimum absolute atomic E-state index is 0.104. The maximum atomic E-state index is 13.2. The first-order chi connectivity index (χ1) is 12.5. The van der Waals surface area contributed by atoms with Crippen molar-refractivity contribution in [3.8, 4) is 0 Å². The lowest BCUT2D eigenvalue weighted by atomic mass is 9.76. The quantitative estimate of drug-likeness (QED) is 0.694. The molecule has 8 heteroatoms. The summed E-state index contributed by atoms with van der Waals surface area (Å²) < 4.78 is 5.68. The number of nitrogens with one attached hydrogen (secondary N) is 1. The number of H-pyrrole nitrogens is 1. The highest BCUT2D eigenvalue weighted by Gasteiger charge is 2.51. The molecule has 1 aliphatic rings. The van der Waals surface area contributed by atoms with E-state index >= 15 is 0 Å². The van der Waals surface area contributed by atoms with Crippen molar-refractivity contribution in [2.45, 2.75) is 57.7 Å². The van der Waals surface area contributed by atoms with Crippen LogP contribution in [0.1, 0.15) is 45.0 Å². The van der Waals surface area contributed by atoms with E-state index in [2.05, 4.69) is 9.97 Å². The molecule has 3 rings (SSSR count). The molecule has 1 aromatic carbocycles. The molecule has 27 heavy (non-hydrogen) atoms. The van der Waals surface area contributed by atoms with E-state index in [-0.39, 0.29) is 19.4 Å². The van der Waals surface area contributed by atoms with Gasteiger partial charge in [-0.2, -0.15) is 0 Å². The molecule has 1 amide bonds. The number of carbonyl (C=O) groups excluding carboxylic acids is 1. The summed E-state index contributed by atoms with van der Waals surface area (Å²) >= 11 is 0. The minimum atomic E-state index is -1.12. The molecule has 2 atom stereocenters. The molecule has 2 heterocycles. The van der Waals surface area contributed by atoms with Crippen molar-refractivity contribution in [3.05, 3.63) is 29.6 Å². The van der Waals surface area contributed by atoms with Crippen LogP contribution in [0.5, 0.6) is 0 Å². The molecule has 0 spiro atoms. The summed E-state index contributed by atoms with van der Waals surface area (Å²) in [6.45, 7) is 7.48. The molecule has 0 saturated carbocycles. The second-order valence-electron chi connectivity index (χ2n) is 8.14. The third-order valence-electron chi connectivity index (χ3n) is 4.94. The Labute approximate surface area is 157 Å². The molecule has 0 bridgehead atoms. The van der Waals surface area contributed by atoms with E-state index in [4.69, 9.17) is 10.5 Å². The van der Waals surface area contributed by atoms with Gasteiger partial charge in [-0.1, -0.05) is 12.1 Å². The van der Waals surface area contributed by atoms with Crippen LogP contribution < -0.4 is 5.73 Å². The van der Waals surface area contributed by atoms with Gasteiger partial charge >= 0.3 is 12.1 Å². The van der Waals surface area contributed by atoms with E-state index < -0.39 is 29.2 Å². The summed E-state index contributed by atoms with van der Waals surface area (Å²) in [5.41, 5.74) is 6.90. The van der Waals surface area contributed by atoms with E-state index in [9.17, 15) is 14.7 Å². The van der Waals surface area contributed by atoms with Crippen LogP contribution in [-0.2, 0) is 14.9 Å². The van der Waals surface area contributed by atoms with Crippen molar-refractivity contribution in [1.29, 1.82) is 0 Å². The molecule has 0 aliphatic carbocycles. The zero-order valence-corrected chi connectivity index (χ0v) is 16.1. The van der Waals surface area contributed by atoms with Crippen LogP contribution in [0.4, 0.5) is 4.79 Å². The smallest absolute Gasteiger partial charge is 0.408 e. The number of rotatable bonds is 2. The van der Waals surface area contributed by atoms with Crippen LogP contribution in [0.15, 0.2) is 18.2 Å². The van der Waals surface area contributed by atoms with Gasteiger partial charge in [0, 0.05) is 13.0 Å². The monoisotopic (exact) mass is 374 g/mol. The van der Waals surface area contributed by atoms with Gasteiger partial charge in [0.05, 0.1) is 17.2 Å². The lowest BCUT2D eigenvalue weighted by Gasteiger charge is -2.42. The average Bonchev–Trinajstić information content (AvgIpc) is 2.98. The molecular formula is C19H26N4O4. The largest absolute Gasteiger partial charge is 0.465 e. The molecular weight excluding hydrogens is 348 g/mol. The van der Waals surface area contributed by atoms with Crippen LogP contribution in [0.3, 0.4) is 0 Å². The summed E-state index contributed by atoms with van der Waals surface area (Å²) in [6, 6.07) is 5.76. The van der Waals surface area contributed by atoms with Gasteiger partial charge < -0.3 is 20.6 Å². The fourth-order valence-electron chi connectivity index (χ4n) is 3.56. The molecule has 146 valence electrons. The number of imidazole rings is 1. The Hall–Kier alpha value is -2.61. The first-order valence-corrected chi connectivity index (χ1v) is 8.98. The zero-order chi connectivity index (χ0) is 20.0. The number of hydrogen-bond donors (Lipinski definition) is 3. The van der Waals surface area contributed by atoms with E-state index in [1.54, 1.807) is 20.8 Å². The third-order valence-corrected chi connectivity index (χ3v) is 4.94. The fourth-order valence-corrected chi connectivity index (χ4v) is 3.56. The molecule has 4 N–H and O–H groups in total. The highest BCUT2D eigenvalue weighted by atomic mass is 16.6. The molecule has 8 nitrogen and oxygen atoms in total. The highest BCUT2D eigenvalue weighted by molar-refractivity contribution is 5.86. The van der Waals surface area contributed by atoms with E-state index in [1.807, 2.05) is 25.1 Å². The van der Waals surface area contributed by atoms with Crippen molar-refractivity contribution in [1.82, 2.24) is 14.9 Å². The van der Waals surface area contributed by atoms with Crippen LogP contribution in [0, 0.1) is 6.92 Å². The van der Waals surface area contributed by atoms with Gasteiger partial charge in [-0.05, 0) is 45.7 Å². The summed E-state index contributed by atoms with van der Waals surface area (Å²) in [4.78, 5) is 33.7. The molecule has 1 aromatic heterocycles. The van der Waals surface area contributed by atoms with Gasteiger partial charge in [-0.25, -0.2) is 9.78 Å². The Bertz CT molecular complexity index is 885. The number of likely N-dealkylation sites (tertiary alicyclic amines) is 1. The molecule has 1 fully saturated rings. The molecule has 1 saturated heterocycles. The number of piperidine rings is 1. The second-order valence-corrected chi connectivity index (χ2v) is 8.14. The van der Waals surface area contributed by atoms with E-state index in [1.165, 1.54) is 0 Å². The first-order valence-electron chi connectivity index (χ1n) is 8.98. The van der Waals surface area contributed by atoms with E-state index in [0.717, 1.165) is 21.5 Å². The van der Waals surface area contributed by atoms with Gasteiger partial charge in [0.15, 0.2) is 0 Å². The van der Waals surface area contributed by atoms with Gasteiger partial charge in [0.25, 0.3) is 0 Å². The highest BCUT2D eigenvalue weighted by Crippen LogP contribution is 2.39. The average molecular weight is 374 g/mol. The Morgan fingerprint density at radius 2 is 2.11 bits per heavy atom. The summed E-state index contributed by atoms with van der Waals surface area (Å²) in [7, 11) is 0. The van der Waals surface area contributed by atoms with Crippen LogP contribution in [-0.4, -0.2) is 50.3 Å². The summed E-state index contributed by atoms with van der Waals surface area (Å²) in [6.07, 6.45) is -1.56. The van der Waals surface area contributed by atoms with Gasteiger partial charge in [-0.3, -0.25) is 9.69 Å². The first kappa shape index (κ1) is 19.2. The van der Waals surface area contributed by atoms with Crippen molar-refractivity contribution >= 4 is 23.1 Å². The number of para-hydroxylation sites is 1. The number of aryl methyl sites for hydroxylation is 1. The number of hydrogen-bond acceptors (Lipinski definition) is 5. The lowest BCUT2D eigenvalue weighted by molar-refractivity contribution is -0.165. The molecule has 2 aromatic rings. The normalized spacial score (nSPS) is 23.4. The minimum Gasteiger partial charge on any atom is -0.465 e. The number of aromatic amines is 1. The van der Waals surface area contributed by atoms with Crippen molar-refractivity contribution < 1.29 is 19.4 Å². The number of carboxylic acid groups (broad SMARTS) is 1. The number of benzene rings is 1. The van der Waals surface area contributed by atoms with Crippen molar-refractivity contribution in [3.63, 3.8) is 0 Å². The molecule has 2 unspecified atom stereocenters. The Morgan fingerprint density at radius 1 is 1.41 bits per heavy atom. The number of nitrogens with two attached hydrogens (primary N) is 1. The van der Waals surface area contributed by atoms with Crippen LogP contribution in [0.25, 0.3) is 11.0 Å². The maximum Gasteiger partial charge on any atom is 0.408 e.